The maximum Gasteiger partial charge on any atom is 0.137 e. The van der Waals surface area contributed by atoms with Gasteiger partial charge in [0.15, 0.2) is 0 Å². The second kappa shape index (κ2) is 5.85. The molecule has 1 aromatic heterocycles. The zero-order valence-electron chi connectivity index (χ0n) is 11.0. The van der Waals surface area contributed by atoms with Gasteiger partial charge >= 0.3 is 0 Å². The standard InChI is InChI=1S/C13H20ClN3O/c1-3-5-10-11(14)15-9-16-12(10)17-13(2)6-4-7-18-8-13/h9H,3-8H2,1-2H3,(H,15,16,17). The fourth-order valence-electron chi connectivity index (χ4n) is 2.29. The van der Waals surface area contributed by atoms with Crippen molar-refractivity contribution in [2.45, 2.75) is 45.1 Å². The van der Waals surface area contributed by atoms with E-state index >= 15 is 0 Å². The lowest BCUT2D eigenvalue weighted by molar-refractivity contribution is 0.0538. The molecule has 1 saturated heterocycles. The number of anilines is 1. The first kappa shape index (κ1) is 13.6. The molecule has 2 heterocycles. The van der Waals surface area contributed by atoms with Crippen molar-refractivity contribution in [1.29, 1.82) is 0 Å². The highest BCUT2D eigenvalue weighted by atomic mass is 35.5. The number of aromatic nitrogens is 2. The van der Waals surface area contributed by atoms with Crippen molar-refractivity contribution in [3.63, 3.8) is 0 Å². The molecular weight excluding hydrogens is 250 g/mol. The molecule has 0 amide bonds. The van der Waals surface area contributed by atoms with Gasteiger partial charge in [0.2, 0.25) is 0 Å². The summed E-state index contributed by atoms with van der Waals surface area (Å²) in [5, 5.41) is 4.04. The third kappa shape index (κ3) is 3.12. The van der Waals surface area contributed by atoms with Crippen LogP contribution in [-0.2, 0) is 11.2 Å². The minimum Gasteiger partial charge on any atom is -0.379 e. The van der Waals surface area contributed by atoms with E-state index in [-0.39, 0.29) is 5.54 Å². The quantitative estimate of drug-likeness (QED) is 0.854. The first-order valence-corrected chi connectivity index (χ1v) is 6.88. The molecule has 0 spiro atoms. The molecule has 5 heteroatoms. The highest BCUT2D eigenvalue weighted by molar-refractivity contribution is 6.30. The van der Waals surface area contributed by atoms with Crippen LogP contribution in [0.1, 0.15) is 38.7 Å². The van der Waals surface area contributed by atoms with Crippen molar-refractivity contribution in [3.8, 4) is 0 Å². The highest BCUT2D eigenvalue weighted by Crippen LogP contribution is 2.27. The summed E-state index contributed by atoms with van der Waals surface area (Å²) < 4.78 is 5.55. The van der Waals surface area contributed by atoms with Gasteiger partial charge in [0.25, 0.3) is 0 Å². The molecule has 0 saturated carbocycles. The average Bonchev–Trinajstić information content (AvgIpc) is 2.34. The molecule has 1 aliphatic heterocycles. The number of hydrogen-bond donors (Lipinski definition) is 1. The number of ether oxygens (including phenoxy) is 1. The fraction of sp³-hybridized carbons (Fsp3) is 0.692. The van der Waals surface area contributed by atoms with Gasteiger partial charge in [-0.25, -0.2) is 9.97 Å². The van der Waals surface area contributed by atoms with Gasteiger partial charge in [-0.1, -0.05) is 24.9 Å². The van der Waals surface area contributed by atoms with Gasteiger partial charge in [-0.2, -0.15) is 0 Å². The van der Waals surface area contributed by atoms with Crippen LogP contribution in [0.25, 0.3) is 0 Å². The molecule has 1 aromatic rings. The predicted octanol–water partition coefficient (Wildman–Crippen LogP) is 3.06. The normalized spacial score (nSPS) is 23.9. The Balaban J connectivity index is 2.19. The Kier molecular flexibility index (Phi) is 4.40. The summed E-state index contributed by atoms with van der Waals surface area (Å²) in [6.45, 7) is 5.85. The first-order valence-electron chi connectivity index (χ1n) is 6.50. The molecule has 1 N–H and O–H groups in total. The van der Waals surface area contributed by atoms with Gasteiger partial charge in [0.05, 0.1) is 12.1 Å². The maximum atomic E-state index is 6.15. The Hall–Kier alpha value is -0.870. The Morgan fingerprint density at radius 1 is 1.50 bits per heavy atom. The van der Waals surface area contributed by atoms with Crippen molar-refractivity contribution in [1.82, 2.24) is 9.97 Å². The van der Waals surface area contributed by atoms with Crippen LogP contribution in [0.15, 0.2) is 6.33 Å². The summed E-state index contributed by atoms with van der Waals surface area (Å²) in [5.41, 5.74) is 0.951. The second-order valence-electron chi connectivity index (χ2n) is 5.08. The Labute approximate surface area is 113 Å². The molecule has 4 nitrogen and oxygen atoms in total. The molecule has 1 atom stereocenters. The summed E-state index contributed by atoms with van der Waals surface area (Å²) in [4.78, 5) is 8.39. The van der Waals surface area contributed by atoms with Crippen molar-refractivity contribution >= 4 is 17.4 Å². The van der Waals surface area contributed by atoms with Crippen molar-refractivity contribution in [2.24, 2.45) is 0 Å². The molecule has 0 aliphatic carbocycles. The van der Waals surface area contributed by atoms with Crippen LogP contribution in [0.5, 0.6) is 0 Å². The molecule has 0 bridgehead atoms. The van der Waals surface area contributed by atoms with Crippen molar-refractivity contribution < 1.29 is 4.74 Å². The van der Waals surface area contributed by atoms with E-state index in [0.29, 0.717) is 11.8 Å². The third-order valence-electron chi connectivity index (χ3n) is 3.25. The van der Waals surface area contributed by atoms with E-state index in [2.05, 4.69) is 29.1 Å². The van der Waals surface area contributed by atoms with Gasteiger partial charge in [0, 0.05) is 12.2 Å². The summed E-state index contributed by atoms with van der Waals surface area (Å²) in [7, 11) is 0. The van der Waals surface area contributed by atoms with Crippen LogP contribution in [-0.4, -0.2) is 28.7 Å². The first-order chi connectivity index (χ1) is 8.64. The van der Waals surface area contributed by atoms with Crippen LogP contribution < -0.4 is 5.32 Å². The minimum absolute atomic E-state index is 0.0571. The van der Waals surface area contributed by atoms with Crippen LogP contribution in [0.4, 0.5) is 5.82 Å². The van der Waals surface area contributed by atoms with Crippen LogP contribution in [0.3, 0.4) is 0 Å². The lowest BCUT2D eigenvalue weighted by atomic mass is 9.94. The number of rotatable bonds is 4. The predicted molar refractivity (Wildman–Crippen MR) is 73.1 cm³/mol. The lowest BCUT2D eigenvalue weighted by Gasteiger charge is -2.35. The third-order valence-corrected chi connectivity index (χ3v) is 3.58. The van der Waals surface area contributed by atoms with Gasteiger partial charge < -0.3 is 10.1 Å². The van der Waals surface area contributed by atoms with E-state index in [0.717, 1.165) is 43.7 Å². The maximum absolute atomic E-state index is 6.15. The Morgan fingerprint density at radius 3 is 3.00 bits per heavy atom. The number of nitrogens with one attached hydrogen (secondary N) is 1. The molecule has 1 fully saturated rings. The van der Waals surface area contributed by atoms with E-state index in [1.54, 1.807) is 0 Å². The van der Waals surface area contributed by atoms with Crippen molar-refractivity contribution in [2.75, 3.05) is 18.5 Å². The number of hydrogen-bond acceptors (Lipinski definition) is 4. The Bertz CT molecular complexity index is 405. The molecule has 0 radical (unpaired) electrons. The minimum atomic E-state index is -0.0571. The van der Waals surface area contributed by atoms with Gasteiger partial charge in [-0.15, -0.1) is 0 Å². The van der Waals surface area contributed by atoms with Crippen molar-refractivity contribution in [3.05, 3.63) is 17.0 Å². The lowest BCUT2D eigenvalue weighted by Crippen LogP contribution is -2.43. The monoisotopic (exact) mass is 269 g/mol. The topological polar surface area (TPSA) is 47.0 Å². The van der Waals surface area contributed by atoms with E-state index < -0.39 is 0 Å². The largest absolute Gasteiger partial charge is 0.379 e. The van der Waals surface area contributed by atoms with Gasteiger partial charge in [-0.05, 0) is 26.2 Å². The van der Waals surface area contributed by atoms with Gasteiger partial charge in [0.1, 0.15) is 17.3 Å². The van der Waals surface area contributed by atoms with Crippen LogP contribution in [0, 0.1) is 0 Å². The summed E-state index contributed by atoms with van der Waals surface area (Å²) in [6.07, 6.45) is 5.58. The molecule has 1 unspecified atom stereocenters. The zero-order valence-corrected chi connectivity index (χ0v) is 11.8. The summed E-state index contributed by atoms with van der Waals surface area (Å²) >= 11 is 6.15. The second-order valence-corrected chi connectivity index (χ2v) is 5.44. The SMILES string of the molecule is CCCc1c(Cl)ncnc1NC1(C)CCCOC1. The zero-order chi connectivity index (χ0) is 13.0. The van der Waals surface area contributed by atoms with Crippen LogP contribution >= 0.6 is 11.6 Å². The Morgan fingerprint density at radius 2 is 2.33 bits per heavy atom. The smallest absolute Gasteiger partial charge is 0.137 e. The van der Waals surface area contributed by atoms with E-state index in [1.165, 1.54) is 6.33 Å². The average molecular weight is 270 g/mol. The van der Waals surface area contributed by atoms with Crippen LogP contribution in [0.2, 0.25) is 5.15 Å². The molecule has 18 heavy (non-hydrogen) atoms. The summed E-state index contributed by atoms with van der Waals surface area (Å²) in [5.74, 6) is 0.852. The molecule has 1 aliphatic rings. The van der Waals surface area contributed by atoms with E-state index in [4.69, 9.17) is 16.3 Å². The fourth-order valence-corrected chi connectivity index (χ4v) is 2.52. The molecular formula is C13H20ClN3O. The molecule has 2 rings (SSSR count). The van der Waals surface area contributed by atoms with E-state index in [1.807, 2.05) is 0 Å². The molecule has 100 valence electrons. The molecule has 0 aromatic carbocycles. The van der Waals surface area contributed by atoms with E-state index in [9.17, 15) is 0 Å². The number of nitrogens with zero attached hydrogens (tertiary/aromatic N) is 2. The highest BCUT2D eigenvalue weighted by Gasteiger charge is 2.28. The summed E-state index contributed by atoms with van der Waals surface area (Å²) in [6, 6.07) is 0. The number of halogens is 1. The van der Waals surface area contributed by atoms with Gasteiger partial charge in [-0.3, -0.25) is 0 Å².